The second kappa shape index (κ2) is 6.79. The molecule has 5 nitrogen and oxygen atoms in total. The van der Waals surface area contributed by atoms with Gasteiger partial charge in [-0.15, -0.1) is 0 Å². The number of carbonyl (C=O) groups is 1. The summed E-state index contributed by atoms with van der Waals surface area (Å²) in [6.07, 6.45) is 3.50. The molecular formula is C18H26N2O3. The van der Waals surface area contributed by atoms with Crippen LogP contribution in [0.15, 0.2) is 18.2 Å². The maximum atomic E-state index is 12.5. The zero-order chi connectivity index (χ0) is 16.4. The Balaban J connectivity index is 1.57. The molecule has 5 heteroatoms. The Labute approximate surface area is 137 Å². The molecule has 0 spiro atoms. The number of carbonyl (C=O) groups excluding carboxylic acids is 1. The summed E-state index contributed by atoms with van der Waals surface area (Å²) in [6.45, 7) is 1.73. The molecule has 1 aliphatic carbocycles. The Morgan fingerprint density at radius 1 is 1.17 bits per heavy atom. The molecule has 1 saturated carbocycles. The van der Waals surface area contributed by atoms with E-state index in [-0.39, 0.29) is 11.9 Å². The van der Waals surface area contributed by atoms with E-state index in [1.54, 1.807) is 14.2 Å². The fourth-order valence-electron chi connectivity index (χ4n) is 3.93. The van der Waals surface area contributed by atoms with Crippen molar-refractivity contribution in [3.63, 3.8) is 0 Å². The van der Waals surface area contributed by atoms with Gasteiger partial charge in [0.25, 0.3) is 0 Å². The number of benzene rings is 1. The SMILES string of the molecule is COc1cc(CCC(=O)N2CC3CCC(N)C3C2)cc(OC)c1. The number of likely N-dealkylation sites (tertiary alicyclic amines) is 1. The van der Waals surface area contributed by atoms with E-state index in [9.17, 15) is 4.79 Å². The second-order valence-corrected chi connectivity index (χ2v) is 6.68. The number of ether oxygens (including phenoxy) is 2. The molecule has 0 bridgehead atoms. The molecule has 1 saturated heterocycles. The van der Waals surface area contributed by atoms with Crippen LogP contribution in [0, 0.1) is 11.8 Å². The van der Waals surface area contributed by atoms with Crippen LogP contribution < -0.4 is 15.2 Å². The van der Waals surface area contributed by atoms with E-state index < -0.39 is 0 Å². The fourth-order valence-corrected chi connectivity index (χ4v) is 3.93. The monoisotopic (exact) mass is 318 g/mol. The molecule has 3 atom stereocenters. The van der Waals surface area contributed by atoms with Crippen molar-refractivity contribution in [3.8, 4) is 11.5 Å². The third-order valence-electron chi connectivity index (χ3n) is 5.30. The normalized spacial score (nSPS) is 26.2. The first-order valence-corrected chi connectivity index (χ1v) is 8.36. The van der Waals surface area contributed by atoms with Crippen LogP contribution in [0.4, 0.5) is 0 Å². The molecule has 1 amide bonds. The Hall–Kier alpha value is -1.75. The van der Waals surface area contributed by atoms with Crippen molar-refractivity contribution >= 4 is 5.91 Å². The fraction of sp³-hybridized carbons (Fsp3) is 0.611. The minimum Gasteiger partial charge on any atom is -0.497 e. The Kier molecular flexibility index (Phi) is 4.76. The minimum atomic E-state index is 0.230. The van der Waals surface area contributed by atoms with Gasteiger partial charge in [0, 0.05) is 31.6 Å². The maximum Gasteiger partial charge on any atom is 0.222 e. The maximum absolute atomic E-state index is 12.5. The van der Waals surface area contributed by atoms with Crippen LogP contribution in [0.3, 0.4) is 0 Å². The van der Waals surface area contributed by atoms with E-state index >= 15 is 0 Å². The first-order valence-electron chi connectivity index (χ1n) is 8.36. The van der Waals surface area contributed by atoms with Crippen molar-refractivity contribution in [2.45, 2.75) is 31.7 Å². The van der Waals surface area contributed by atoms with Crippen molar-refractivity contribution in [2.75, 3.05) is 27.3 Å². The minimum absolute atomic E-state index is 0.230. The first kappa shape index (κ1) is 16.1. The number of nitrogens with two attached hydrogens (primary N) is 1. The molecule has 2 fully saturated rings. The predicted octanol–water partition coefficient (Wildman–Crippen LogP) is 1.83. The highest BCUT2D eigenvalue weighted by molar-refractivity contribution is 5.77. The number of hydrogen-bond donors (Lipinski definition) is 1. The number of aryl methyl sites for hydroxylation is 1. The summed E-state index contributed by atoms with van der Waals surface area (Å²) < 4.78 is 10.6. The molecule has 126 valence electrons. The van der Waals surface area contributed by atoms with Crippen LogP contribution in [-0.2, 0) is 11.2 Å². The number of rotatable bonds is 5. The van der Waals surface area contributed by atoms with E-state index in [2.05, 4.69) is 0 Å². The summed E-state index contributed by atoms with van der Waals surface area (Å²) >= 11 is 0. The lowest BCUT2D eigenvalue weighted by Gasteiger charge is -2.19. The first-order chi connectivity index (χ1) is 11.1. The molecule has 1 heterocycles. The van der Waals surface area contributed by atoms with Gasteiger partial charge in [-0.3, -0.25) is 4.79 Å². The lowest BCUT2D eigenvalue weighted by Crippen LogP contribution is -2.33. The molecule has 1 aliphatic heterocycles. The van der Waals surface area contributed by atoms with E-state index in [1.165, 1.54) is 6.42 Å². The standard InChI is InChI=1S/C18H26N2O3/c1-22-14-7-12(8-15(9-14)23-2)3-6-18(21)20-10-13-4-5-17(19)16(13)11-20/h7-9,13,16-17H,3-6,10-11,19H2,1-2H3. The summed E-state index contributed by atoms with van der Waals surface area (Å²) in [5, 5.41) is 0. The van der Waals surface area contributed by atoms with Gasteiger partial charge in [-0.05, 0) is 48.8 Å². The van der Waals surface area contributed by atoms with Crippen LogP contribution in [0.1, 0.15) is 24.8 Å². The van der Waals surface area contributed by atoms with Gasteiger partial charge < -0.3 is 20.1 Å². The molecule has 0 aromatic heterocycles. The Bertz CT molecular complexity index is 553. The average Bonchev–Trinajstić information content (AvgIpc) is 3.14. The zero-order valence-corrected chi connectivity index (χ0v) is 14.0. The van der Waals surface area contributed by atoms with Crippen molar-refractivity contribution in [1.29, 1.82) is 0 Å². The second-order valence-electron chi connectivity index (χ2n) is 6.68. The van der Waals surface area contributed by atoms with Gasteiger partial charge in [0.1, 0.15) is 11.5 Å². The summed E-state index contributed by atoms with van der Waals surface area (Å²) in [4.78, 5) is 14.5. The van der Waals surface area contributed by atoms with Crippen molar-refractivity contribution in [2.24, 2.45) is 17.6 Å². The highest BCUT2D eigenvalue weighted by atomic mass is 16.5. The summed E-state index contributed by atoms with van der Waals surface area (Å²) in [6, 6.07) is 6.05. The molecular weight excluding hydrogens is 292 g/mol. The Morgan fingerprint density at radius 3 is 2.48 bits per heavy atom. The number of amides is 1. The van der Waals surface area contributed by atoms with Gasteiger partial charge in [0.15, 0.2) is 0 Å². The number of hydrogen-bond acceptors (Lipinski definition) is 4. The smallest absolute Gasteiger partial charge is 0.222 e. The lowest BCUT2D eigenvalue weighted by atomic mass is 9.98. The van der Waals surface area contributed by atoms with Crippen molar-refractivity contribution in [1.82, 2.24) is 4.90 Å². The van der Waals surface area contributed by atoms with E-state index in [0.29, 0.717) is 24.7 Å². The predicted molar refractivity (Wildman–Crippen MR) is 88.6 cm³/mol. The summed E-state index contributed by atoms with van der Waals surface area (Å²) in [7, 11) is 3.27. The van der Waals surface area contributed by atoms with Crippen LogP contribution in [0.25, 0.3) is 0 Å². The lowest BCUT2D eigenvalue weighted by molar-refractivity contribution is -0.130. The number of fused-ring (bicyclic) bond motifs is 1. The zero-order valence-electron chi connectivity index (χ0n) is 14.0. The van der Waals surface area contributed by atoms with Gasteiger partial charge in [0.05, 0.1) is 14.2 Å². The van der Waals surface area contributed by atoms with Gasteiger partial charge in [0.2, 0.25) is 5.91 Å². The van der Waals surface area contributed by atoms with E-state index in [0.717, 1.165) is 36.6 Å². The Morgan fingerprint density at radius 2 is 1.87 bits per heavy atom. The van der Waals surface area contributed by atoms with E-state index in [1.807, 2.05) is 23.1 Å². The third kappa shape index (κ3) is 3.44. The quantitative estimate of drug-likeness (QED) is 0.899. The van der Waals surface area contributed by atoms with Gasteiger partial charge in [-0.1, -0.05) is 0 Å². The average molecular weight is 318 g/mol. The topological polar surface area (TPSA) is 64.8 Å². The number of nitrogens with zero attached hydrogens (tertiary/aromatic N) is 1. The highest BCUT2D eigenvalue weighted by Crippen LogP contribution is 2.37. The molecule has 23 heavy (non-hydrogen) atoms. The van der Waals surface area contributed by atoms with E-state index in [4.69, 9.17) is 15.2 Å². The summed E-state index contributed by atoms with van der Waals surface area (Å²) in [5.41, 5.74) is 7.21. The molecule has 3 unspecified atom stereocenters. The van der Waals surface area contributed by atoms with Crippen LogP contribution in [0.2, 0.25) is 0 Å². The van der Waals surface area contributed by atoms with Gasteiger partial charge in [-0.2, -0.15) is 0 Å². The molecule has 2 N–H and O–H groups in total. The van der Waals surface area contributed by atoms with Crippen molar-refractivity contribution < 1.29 is 14.3 Å². The van der Waals surface area contributed by atoms with Crippen molar-refractivity contribution in [3.05, 3.63) is 23.8 Å². The molecule has 0 radical (unpaired) electrons. The largest absolute Gasteiger partial charge is 0.497 e. The molecule has 1 aromatic rings. The third-order valence-corrected chi connectivity index (χ3v) is 5.30. The molecule has 3 rings (SSSR count). The summed E-state index contributed by atoms with van der Waals surface area (Å²) in [5.74, 6) is 2.87. The van der Waals surface area contributed by atoms with Crippen LogP contribution in [-0.4, -0.2) is 44.2 Å². The number of methoxy groups -OCH3 is 2. The van der Waals surface area contributed by atoms with Crippen LogP contribution in [0.5, 0.6) is 11.5 Å². The molecule has 1 aromatic carbocycles. The molecule has 2 aliphatic rings. The highest BCUT2D eigenvalue weighted by Gasteiger charge is 2.42. The van der Waals surface area contributed by atoms with Crippen LogP contribution >= 0.6 is 0 Å². The van der Waals surface area contributed by atoms with Gasteiger partial charge in [-0.25, -0.2) is 0 Å². The van der Waals surface area contributed by atoms with Gasteiger partial charge >= 0.3 is 0 Å².